The molecule has 0 saturated heterocycles. The number of esters is 1. The van der Waals surface area contributed by atoms with Crippen molar-refractivity contribution in [1.29, 1.82) is 0 Å². The standard InChI is InChI=1S/C22H42O5/c1-22(2,3)27-21(25)17-13-9-5-7-11-15-19-26-18-14-10-6-4-8-12-16-20(23)24/h4-19H2,1-3H3,(H,23,24). The van der Waals surface area contributed by atoms with E-state index < -0.39 is 5.97 Å². The van der Waals surface area contributed by atoms with Crippen LogP contribution in [0.15, 0.2) is 0 Å². The summed E-state index contributed by atoms with van der Waals surface area (Å²) in [5.74, 6) is -0.777. The first kappa shape index (κ1) is 25.9. The number of carbonyl (C=O) groups excluding carboxylic acids is 1. The van der Waals surface area contributed by atoms with Gasteiger partial charge in [0.15, 0.2) is 0 Å². The maximum absolute atomic E-state index is 11.6. The smallest absolute Gasteiger partial charge is 0.306 e. The van der Waals surface area contributed by atoms with Crippen LogP contribution in [0.3, 0.4) is 0 Å². The van der Waals surface area contributed by atoms with E-state index in [4.69, 9.17) is 14.6 Å². The van der Waals surface area contributed by atoms with Gasteiger partial charge in [0.1, 0.15) is 5.60 Å². The monoisotopic (exact) mass is 386 g/mol. The van der Waals surface area contributed by atoms with E-state index >= 15 is 0 Å². The Morgan fingerprint density at radius 1 is 0.667 bits per heavy atom. The van der Waals surface area contributed by atoms with Gasteiger partial charge in [0.2, 0.25) is 0 Å². The normalized spacial score (nSPS) is 11.5. The lowest BCUT2D eigenvalue weighted by molar-refractivity contribution is -0.155. The van der Waals surface area contributed by atoms with Crippen molar-refractivity contribution in [2.24, 2.45) is 0 Å². The molecule has 5 heteroatoms. The second-order valence-corrected chi connectivity index (χ2v) is 8.34. The van der Waals surface area contributed by atoms with Crippen molar-refractivity contribution >= 4 is 11.9 Å². The molecule has 0 saturated carbocycles. The Balaban J connectivity index is 3.15. The summed E-state index contributed by atoms with van der Waals surface area (Å²) in [6, 6.07) is 0. The van der Waals surface area contributed by atoms with Gasteiger partial charge < -0.3 is 14.6 Å². The van der Waals surface area contributed by atoms with Crippen LogP contribution in [0.25, 0.3) is 0 Å². The zero-order chi connectivity index (χ0) is 20.4. The zero-order valence-electron chi connectivity index (χ0n) is 17.9. The van der Waals surface area contributed by atoms with Crippen molar-refractivity contribution in [3.63, 3.8) is 0 Å². The number of unbranched alkanes of at least 4 members (excludes halogenated alkanes) is 10. The number of carboxylic acids is 1. The lowest BCUT2D eigenvalue weighted by Gasteiger charge is -2.19. The highest BCUT2D eigenvalue weighted by Gasteiger charge is 2.15. The first-order valence-corrected chi connectivity index (χ1v) is 10.8. The summed E-state index contributed by atoms with van der Waals surface area (Å²) in [6.07, 6.45) is 13.9. The predicted molar refractivity (Wildman–Crippen MR) is 109 cm³/mol. The van der Waals surface area contributed by atoms with Crippen LogP contribution < -0.4 is 0 Å². The number of aliphatic carboxylic acids is 1. The predicted octanol–water partition coefficient (Wildman–Crippen LogP) is 5.89. The fourth-order valence-corrected chi connectivity index (χ4v) is 2.86. The molecule has 0 amide bonds. The van der Waals surface area contributed by atoms with Crippen LogP contribution in [0.1, 0.15) is 111 Å². The Hall–Kier alpha value is -1.10. The minimum absolute atomic E-state index is 0.0869. The summed E-state index contributed by atoms with van der Waals surface area (Å²) in [6.45, 7) is 7.38. The second kappa shape index (κ2) is 17.0. The average Bonchev–Trinajstić information content (AvgIpc) is 2.55. The number of carboxylic acid groups (broad SMARTS) is 1. The molecular formula is C22H42O5. The molecular weight excluding hydrogens is 344 g/mol. The van der Waals surface area contributed by atoms with Crippen LogP contribution in [-0.2, 0) is 19.1 Å². The summed E-state index contributed by atoms with van der Waals surface area (Å²) in [4.78, 5) is 22.0. The van der Waals surface area contributed by atoms with E-state index in [0.29, 0.717) is 12.8 Å². The highest BCUT2D eigenvalue weighted by Crippen LogP contribution is 2.12. The van der Waals surface area contributed by atoms with Crippen LogP contribution in [0.2, 0.25) is 0 Å². The molecule has 0 aromatic carbocycles. The number of rotatable bonds is 18. The van der Waals surface area contributed by atoms with Crippen LogP contribution in [0, 0.1) is 0 Å². The second-order valence-electron chi connectivity index (χ2n) is 8.34. The molecule has 160 valence electrons. The quantitative estimate of drug-likeness (QED) is 0.235. The lowest BCUT2D eigenvalue weighted by atomic mass is 10.1. The van der Waals surface area contributed by atoms with Gasteiger partial charge in [-0.05, 0) is 46.5 Å². The Bertz CT molecular complexity index is 373. The van der Waals surface area contributed by atoms with Crippen LogP contribution >= 0.6 is 0 Å². The molecule has 1 N–H and O–H groups in total. The van der Waals surface area contributed by atoms with E-state index in [1.165, 1.54) is 32.1 Å². The summed E-state index contributed by atoms with van der Waals surface area (Å²) in [5.41, 5.74) is -0.376. The van der Waals surface area contributed by atoms with E-state index in [1.807, 2.05) is 20.8 Å². The van der Waals surface area contributed by atoms with Gasteiger partial charge in [-0.15, -0.1) is 0 Å². The van der Waals surface area contributed by atoms with Crippen molar-refractivity contribution in [3.05, 3.63) is 0 Å². The van der Waals surface area contributed by atoms with E-state index in [2.05, 4.69) is 0 Å². The third-order valence-electron chi connectivity index (χ3n) is 4.27. The first-order chi connectivity index (χ1) is 12.8. The minimum Gasteiger partial charge on any atom is -0.481 e. The van der Waals surface area contributed by atoms with Gasteiger partial charge in [-0.2, -0.15) is 0 Å². The molecule has 0 aromatic heterocycles. The molecule has 0 unspecified atom stereocenters. The average molecular weight is 387 g/mol. The maximum Gasteiger partial charge on any atom is 0.306 e. The summed E-state index contributed by atoms with van der Waals surface area (Å²) < 4.78 is 11.0. The molecule has 0 aliphatic rings. The molecule has 0 fully saturated rings. The third-order valence-corrected chi connectivity index (χ3v) is 4.27. The summed E-state index contributed by atoms with van der Waals surface area (Å²) in [7, 11) is 0. The zero-order valence-corrected chi connectivity index (χ0v) is 17.9. The molecule has 0 aromatic rings. The number of carbonyl (C=O) groups is 2. The molecule has 0 spiro atoms. The molecule has 0 atom stereocenters. The highest BCUT2D eigenvalue weighted by molar-refractivity contribution is 5.69. The van der Waals surface area contributed by atoms with Gasteiger partial charge in [-0.3, -0.25) is 9.59 Å². The molecule has 0 rings (SSSR count). The van der Waals surface area contributed by atoms with Crippen molar-refractivity contribution in [2.45, 2.75) is 116 Å². The van der Waals surface area contributed by atoms with Gasteiger partial charge in [0, 0.05) is 26.1 Å². The van der Waals surface area contributed by atoms with Crippen molar-refractivity contribution in [2.75, 3.05) is 13.2 Å². The van der Waals surface area contributed by atoms with Gasteiger partial charge in [0.25, 0.3) is 0 Å². The molecule has 0 aliphatic carbocycles. The third kappa shape index (κ3) is 22.9. The topological polar surface area (TPSA) is 72.8 Å². The SMILES string of the molecule is CC(C)(C)OC(=O)CCCCCCCCOCCCCCCCCC(=O)O. The van der Waals surface area contributed by atoms with E-state index in [-0.39, 0.29) is 11.6 Å². The fourth-order valence-electron chi connectivity index (χ4n) is 2.86. The Morgan fingerprint density at radius 3 is 1.52 bits per heavy atom. The maximum atomic E-state index is 11.6. The van der Waals surface area contributed by atoms with Crippen LogP contribution in [0.4, 0.5) is 0 Å². The largest absolute Gasteiger partial charge is 0.481 e. The lowest BCUT2D eigenvalue weighted by Crippen LogP contribution is -2.23. The number of ether oxygens (including phenoxy) is 2. The molecule has 0 heterocycles. The van der Waals surface area contributed by atoms with Crippen molar-refractivity contribution < 1.29 is 24.2 Å². The molecule has 0 radical (unpaired) electrons. The Morgan fingerprint density at radius 2 is 1.07 bits per heavy atom. The van der Waals surface area contributed by atoms with E-state index in [1.54, 1.807) is 0 Å². The van der Waals surface area contributed by atoms with Gasteiger partial charge in [0.05, 0.1) is 0 Å². The van der Waals surface area contributed by atoms with Crippen LogP contribution in [0.5, 0.6) is 0 Å². The van der Waals surface area contributed by atoms with E-state index in [9.17, 15) is 9.59 Å². The fraction of sp³-hybridized carbons (Fsp3) is 0.909. The van der Waals surface area contributed by atoms with E-state index in [0.717, 1.165) is 58.2 Å². The molecule has 27 heavy (non-hydrogen) atoms. The summed E-state index contributed by atoms with van der Waals surface area (Å²) in [5, 5.41) is 8.55. The first-order valence-electron chi connectivity index (χ1n) is 10.8. The van der Waals surface area contributed by atoms with Crippen molar-refractivity contribution in [3.8, 4) is 0 Å². The molecule has 0 aliphatic heterocycles. The minimum atomic E-state index is -0.691. The Labute approximate surface area is 166 Å². The van der Waals surface area contributed by atoms with Gasteiger partial charge in [-0.1, -0.05) is 51.4 Å². The number of hydrogen-bond donors (Lipinski definition) is 1. The Kier molecular flexibility index (Phi) is 16.3. The summed E-state index contributed by atoms with van der Waals surface area (Å²) >= 11 is 0. The number of hydrogen-bond acceptors (Lipinski definition) is 4. The van der Waals surface area contributed by atoms with Gasteiger partial charge >= 0.3 is 11.9 Å². The van der Waals surface area contributed by atoms with Crippen LogP contribution in [-0.4, -0.2) is 35.9 Å². The molecule has 5 nitrogen and oxygen atoms in total. The highest BCUT2D eigenvalue weighted by atomic mass is 16.6. The van der Waals surface area contributed by atoms with Gasteiger partial charge in [-0.25, -0.2) is 0 Å². The molecule has 0 bridgehead atoms. The van der Waals surface area contributed by atoms with Crippen molar-refractivity contribution in [1.82, 2.24) is 0 Å².